The number of piperidine rings is 1. The van der Waals surface area contributed by atoms with Crippen molar-refractivity contribution in [3.05, 3.63) is 12.3 Å². The van der Waals surface area contributed by atoms with Crippen LogP contribution in [0.15, 0.2) is 12.3 Å². The fraction of sp³-hybridized carbons (Fsp3) is 0.643. The van der Waals surface area contributed by atoms with Gasteiger partial charge in [0.1, 0.15) is 0 Å². The van der Waals surface area contributed by atoms with Crippen molar-refractivity contribution in [2.24, 2.45) is 5.92 Å². The van der Waals surface area contributed by atoms with E-state index < -0.39 is 5.97 Å². The lowest BCUT2D eigenvalue weighted by Crippen LogP contribution is -2.43. The third kappa shape index (κ3) is 3.37. The van der Waals surface area contributed by atoms with Gasteiger partial charge in [0, 0.05) is 24.8 Å². The molecular formula is C14H21N3O3. The van der Waals surface area contributed by atoms with E-state index in [0.29, 0.717) is 37.8 Å². The molecule has 0 aromatic carbocycles. The van der Waals surface area contributed by atoms with Crippen LogP contribution in [-0.4, -0.2) is 40.2 Å². The Balaban J connectivity index is 2.06. The summed E-state index contributed by atoms with van der Waals surface area (Å²) in [6.45, 7) is 5.35. The molecule has 0 spiro atoms. The number of carboxylic acid groups (broad SMARTS) is 1. The van der Waals surface area contributed by atoms with Gasteiger partial charge in [-0.25, -0.2) is 4.98 Å². The molecular weight excluding hydrogens is 258 g/mol. The molecule has 0 radical (unpaired) electrons. The van der Waals surface area contributed by atoms with Crippen LogP contribution in [0.4, 0.5) is 5.95 Å². The number of aliphatic carboxylic acids is 1. The number of hydrogen-bond acceptors (Lipinski definition) is 5. The van der Waals surface area contributed by atoms with Crippen molar-refractivity contribution < 1.29 is 14.6 Å². The summed E-state index contributed by atoms with van der Waals surface area (Å²) in [7, 11) is 0. The third-order valence-electron chi connectivity index (χ3n) is 3.55. The molecule has 2 unspecified atom stereocenters. The third-order valence-corrected chi connectivity index (χ3v) is 3.55. The molecule has 20 heavy (non-hydrogen) atoms. The molecule has 1 N–H and O–H groups in total. The molecule has 6 nitrogen and oxygen atoms in total. The van der Waals surface area contributed by atoms with E-state index in [2.05, 4.69) is 14.9 Å². The lowest BCUT2D eigenvalue weighted by molar-refractivity contribution is -0.142. The van der Waals surface area contributed by atoms with Crippen LogP contribution >= 0.6 is 0 Å². The molecule has 2 rings (SSSR count). The summed E-state index contributed by atoms with van der Waals surface area (Å²) < 4.78 is 5.51. The van der Waals surface area contributed by atoms with Crippen LogP contribution in [0, 0.1) is 5.92 Å². The van der Waals surface area contributed by atoms with Crippen molar-refractivity contribution in [3.63, 3.8) is 0 Å². The van der Waals surface area contributed by atoms with E-state index in [1.165, 1.54) is 0 Å². The zero-order valence-electron chi connectivity index (χ0n) is 12.0. The van der Waals surface area contributed by atoms with Gasteiger partial charge in [-0.1, -0.05) is 6.92 Å². The number of carboxylic acids is 1. The van der Waals surface area contributed by atoms with Crippen LogP contribution in [0.3, 0.4) is 0 Å². The van der Waals surface area contributed by atoms with Gasteiger partial charge in [-0.3, -0.25) is 4.79 Å². The van der Waals surface area contributed by atoms with Crippen LogP contribution in [0.1, 0.15) is 33.1 Å². The molecule has 1 aliphatic heterocycles. The molecule has 2 heterocycles. The highest BCUT2D eigenvalue weighted by atomic mass is 16.5. The second-order valence-electron chi connectivity index (χ2n) is 5.15. The SMILES string of the molecule is CCCOc1ccnc(N2CCC(C(=O)O)CC2C)n1. The van der Waals surface area contributed by atoms with Crippen LogP contribution < -0.4 is 9.64 Å². The quantitative estimate of drug-likeness (QED) is 0.888. The first-order valence-electron chi connectivity index (χ1n) is 7.07. The first-order valence-corrected chi connectivity index (χ1v) is 7.07. The summed E-state index contributed by atoms with van der Waals surface area (Å²) in [4.78, 5) is 21.8. The summed E-state index contributed by atoms with van der Waals surface area (Å²) in [6.07, 6.45) is 3.87. The minimum absolute atomic E-state index is 0.117. The highest BCUT2D eigenvalue weighted by Crippen LogP contribution is 2.26. The molecule has 1 aromatic heterocycles. The standard InChI is InChI=1S/C14H21N3O3/c1-3-8-20-12-4-6-15-14(16-12)17-7-5-11(13(18)19)9-10(17)2/h4,6,10-11H,3,5,7-9H2,1-2H3,(H,18,19). The average Bonchev–Trinajstić information content (AvgIpc) is 2.45. The van der Waals surface area contributed by atoms with Crippen molar-refractivity contribution in [1.29, 1.82) is 0 Å². The van der Waals surface area contributed by atoms with E-state index in [1.54, 1.807) is 12.3 Å². The fourth-order valence-electron chi connectivity index (χ4n) is 2.45. The number of carbonyl (C=O) groups is 1. The van der Waals surface area contributed by atoms with Gasteiger partial charge >= 0.3 is 5.97 Å². The molecule has 0 aliphatic carbocycles. The normalized spacial score (nSPS) is 22.6. The summed E-state index contributed by atoms with van der Waals surface area (Å²) >= 11 is 0. The highest BCUT2D eigenvalue weighted by molar-refractivity contribution is 5.70. The van der Waals surface area contributed by atoms with Gasteiger partial charge in [0.15, 0.2) is 0 Å². The predicted molar refractivity (Wildman–Crippen MR) is 75.0 cm³/mol. The number of hydrogen-bond donors (Lipinski definition) is 1. The van der Waals surface area contributed by atoms with Gasteiger partial charge in [0.25, 0.3) is 0 Å². The largest absolute Gasteiger partial charge is 0.481 e. The molecule has 0 saturated carbocycles. The van der Waals surface area contributed by atoms with Crippen molar-refractivity contribution in [3.8, 4) is 5.88 Å². The van der Waals surface area contributed by atoms with Gasteiger partial charge in [0.2, 0.25) is 11.8 Å². The van der Waals surface area contributed by atoms with Gasteiger partial charge in [-0.15, -0.1) is 0 Å². The number of anilines is 1. The highest BCUT2D eigenvalue weighted by Gasteiger charge is 2.31. The van der Waals surface area contributed by atoms with Crippen LogP contribution in [0.5, 0.6) is 5.88 Å². The second kappa shape index (κ2) is 6.54. The van der Waals surface area contributed by atoms with Crippen molar-refractivity contribution in [1.82, 2.24) is 9.97 Å². The van der Waals surface area contributed by atoms with E-state index >= 15 is 0 Å². The van der Waals surface area contributed by atoms with Gasteiger partial charge in [-0.2, -0.15) is 4.98 Å². The Bertz CT molecular complexity index is 467. The lowest BCUT2D eigenvalue weighted by Gasteiger charge is -2.36. The number of aromatic nitrogens is 2. The zero-order chi connectivity index (χ0) is 14.5. The molecule has 1 saturated heterocycles. The molecule has 2 atom stereocenters. The molecule has 6 heteroatoms. The molecule has 110 valence electrons. The number of nitrogens with zero attached hydrogens (tertiary/aromatic N) is 3. The van der Waals surface area contributed by atoms with E-state index in [0.717, 1.165) is 6.42 Å². The second-order valence-corrected chi connectivity index (χ2v) is 5.15. The summed E-state index contributed by atoms with van der Waals surface area (Å²) in [5, 5.41) is 9.08. The fourth-order valence-corrected chi connectivity index (χ4v) is 2.45. The molecule has 1 aromatic rings. The molecule has 1 fully saturated rings. The average molecular weight is 279 g/mol. The van der Waals surface area contributed by atoms with E-state index in [9.17, 15) is 4.79 Å². The van der Waals surface area contributed by atoms with Gasteiger partial charge in [0.05, 0.1) is 12.5 Å². The van der Waals surface area contributed by atoms with Crippen LogP contribution in [0.2, 0.25) is 0 Å². The topological polar surface area (TPSA) is 75.5 Å². The minimum atomic E-state index is -0.711. The Morgan fingerprint density at radius 1 is 1.60 bits per heavy atom. The maximum absolute atomic E-state index is 11.0. The van der Waals surface area contributed by atoms with Crippen molar-refractivity contribution in [2.45, 2.75) is 39.2 Å². The Morgan fingerprint density at radius 3 is 3.05 bits per heavy atom. The Kier molecular flexibility index (Phi) is 4.76. The summed E-state index contributed by atoms with van der Waals surface area (Å²) in [5.74, 6) is 0.220. The molecule has 0 bridgehead atoms. The monoisotopic (exact) mass is 279 g/mol. The predicted octanol–water partition coefficient (Wildman–Crippen LogP) is 1.95. The van der Waals surface area contributed by atoms with Gasteiger partial charge in [-0.05, 0) is 26.2 Å². The zero-order valence-corrected chi connectivity index (χ0v) is 12.0. The Labute approximate surface area is 118 Å². The lowest BCUT2D eigenvalue weighted by atomic mass is 9.92. The van der Waals surface area contributed by atoms with Gasteiger partial charge < -0.3 is 14.7 Å². The smallest absolute Gasteiger partial charge is 0.306 e. The Morgan fingerprint density at radius 2 is 2.40 bits per heavy atom. The van der Waals surface area contributed by atoms with Crippen molar-refractivity contribution >= 4 is 11.9 Å². The van der Waals surface area contributed by atoms with Crippen LogP contribution in [-0.2, 0) is 4.79 Å². The summed E-state index contributed by atoms with van der Waals surface area (Å²) in [5.41, 5.74) is 0. The maximum atomic E-state index is 11.0. The van der Waals surface area contributed by atoms with E-state index in [1.807, 2.05) is 13.8 Å². The first kappa shape index (κ1) is 14.6. The van der Waals surface area contributed by atoms with E-state index in [4.69, 9.17) is 9.84 Å². The van der Waals surface area contributed by atoms with Crippen molar-refractivity contribution in [2.75, 3.05) is 18.1 Å². The first-order chi connectivity index (χ1) is 9.61. The van der Waals surface area contributed by atoms with E-state index in [-0.39, 0.29) is 12.0 Å². The molecule has 1 aliphatic rings. The Hall–Kier alpha value is -1.85. The molecule has 0 amide bonds. The minimum Gasteiger partial charge on any atom is -0.481 e. The number of rotatable bonds is 5. The number of ether oxygens (including phenoxy) is 1. The maximum Gasteiger partial charge on any atom is 0.306 e. The van der Waals surface area contributed by atoms with Crippen LogP contribution in [0.25, 0.3) is 0 Å². The summed E-state index contributed by atoms with van der Waals surface area (Å²) in [6, 6.07) is 1.86.